The summed E-state index contributed by atoms with van der Waals surface area (Å²) in [6.07, 6.45) is 5.95. The summed E-state index contributed by atoms with van der Waals surface area (Å²) in [5, 5.41) is 15.2. The Morgan fingerprint density at radius 1 is 1.13 bits per heavy atom. The Bertz CT molecular complexity index is 1090. The lowest BCUT2D eigenvalue weighted by Crippen LogP contribution is -2.25. The first kappa shape index (κ1) is 19.9. The molecule has 3 aromatic rings. The van der Waals surface area contributed by atoms with E-state index in [2.05, 4.69) is 20.8 Å². The number of hydrogen-bond acceptors (Lipinski definition) is 6. The van der Waals surface area contributed by atoms with E-state index in [1.165, 1.54) is 11.8 Å². The van der Waals surface area contributed by atoms with Crippen molar-refractivity contribution in [3.63, 3.8) is 0 Å². The van der Waals surface area contributed by atoms with Crippen molar-refractivity contribution >= 4 is 29.3 Å². The molecule has 2 saturated carbocycles. The molecule has 2 heterocycles. The number of benzene rings is 1. The Kier molecular flexibility index (Phi) is 5.50. The molecule has 2 aliphatic carbocycles. The number of carbonyl (C=O) groups excluding carboxylic acids is 2. The lowest BCUT2D eigenvalue weighted by Gasteiger charge is -2.09. The summed E-state index contributed by atoms with van der Waals surface area (Å²) in [6.45, 7) is 0.550. The van der Waals surface area contributed by atoms with E-state index in [-0.39, 0.29) is 17.6 Å². The van der Waals surface area contributed by atoms with Crippen LogP contribution in [-0.2, 0) is 11.3 Å². The summed E-state index contributed by atoms with van der Waals surface area (Å²) in [5.74, 6) is 2.15. The van der Waals surface area contributed by atoms with Crippen molar-refractivity contribution in [3.8, 4) is 0 Å². The van der Waals surface area contributed by atoms with Crippen LogP contribution in [0.1, 0.15) is 53.5 Å². The highest BCUT2D eigenvalue weighted by Gasteiger charge is 2.31. The summed E-state index contributed by atoms with van der Waals surface area (Å²) in [7, 11) is 0. The van der Waals surface area contributed by atoms with Gasteiger partial charge in [-0.05, 0) is 56.0 Å². The van der Waals surface area contributed by atoms with Gasteiger partial charge in [0.15, 0.2) is 5.16 Å². The van der Waals surface area contributed by atoms with Gasteiger partial charge in [0.2, 0.25) is 5.91 Å². The third-order valence-corrected chi connectivity index (χ3v) is 6.20. The Labute approximate surface area is 183 Å². The van der Waals surface area contributed by atoms with E-state index < -0.39 is 0 Å². The second-order valence-corrected chi connectivity index (χ2v) is 8.89. The number of hydrogen-bond donors (Lipinski definition) is 2. The van der Waals surface area contributed by atoms with E-state index in [0.717, 1.165) is 37.3 Å². The third kappa shape index (κ3) is 4.99. The van der Waals surface area contributed by atoms with Crippen LogP contribution < -0.4 is 10.6 Å². The molecule has 0 saturated heterocycles. The molecule has 0 unspecified atom stereocenters. The minimum Gasteiger partial charge on any atom is -0.467 e. The number of nitrogens with zero attached hydrogens (tertiary/aromatic N) is 3. The second-order valence-electron chi connectivity index (χ2n) is 7.95. The molecule has 9 heteroatoms. The van der Waals surface area contributed by atoms with Crippen LogP contribution in [0.2, 0.25) is 0 Å². The molecule has 2 fully saturated rings. The number of aromatic nitrogens is 3. The second kappa shape index (κ2) is 8.58. The minimum absolute atomic E-state index is 0.105. The van der Waals surface area contributed by atoms with E-state index in [9.17, 15) is 9.59 Å². The highest BCUT2D eigenvalue weighted by Crippen LogP contribution is 2.40. The maximum atomic E-state index is 12.5. The van der Waals surface area contributed by atoms with Gasteiger partial charge in [0, 0.05) is 23.2 Å². The van der Waals surface area contributed by atoms with Gasteiger partial charge in [0.1, 0.15) is 11.6 Å². The quantitative estimate of drug-likeness (QED) is 0.498. The molecule has 2 aliphatic rings. The van der Waals surface area contributed by atoms with E-state index in [1.807, 2.05) is 16.7 Å². The van der Waals surface area contributed by atoms with Gasteiger partial charge in [-0.2, -0.15) is 0 Å². The fourth-order valence-corrected chi connectivity index (χ4v) is 4.06. The molecule has 0 bridgehead atoms. The van der Waals surface area contributed by atoms with Crippen molar-refractivity contribution in [1.82, 2.24) is 20.1 Å². The fraction of sp³-hybridized carbons (Fsp3) is 0.364. The van der Waals surface area contributed by atoms with Gasteiger partial charge in [0.25, 0.3) is 5.91 Å². The highest BCUT2D eigenvalue weighted by molar-refractivity contribution is 7.99. The minimum atomic E-state index is -0.162. The standard InChI is InChI=1S/C22H23N5O3S/c28-19(23-17-4-1-3-15(11-17)21(29)24-16-8-9-16)13-31-22-26-25-20(14-6-7-14)27(22)12-18-5-2-10-30-18/h1-5,10-11,14,16H,6-9,12-13H2,(H,23,28)(H,24,29). The normalized spacial score (nSPS) is 15.6. The monoisotopic (exact) mass is 437 g/mol. The Morgan fingerprint density at radius 3 is 2.74 bits per heavy atom. The van der Waals surface area contributed by atoms with Crippen molar-refractivity contribution in [1.29, 1.82) is 0 Å². The topological polar surface area (TPSA) is 102 Å². The molecular weight excluding hydrogens is 414 g/mol. The fourth-order valence-electron chi connectivity index (χ4n) is 3.32. The largest absolute Gasteiger partial charge is 0.467 e. The zero-order valence-electron chi connectivity index (χ0n) is 16.9. The molecule has 0 spiro atoms. The van der Waals surface area contributed by atoms with E-state index >= 15 is 0 Å². The average molecular weight is 438 g/mol. The predicted molar refractivity (Wildman–Crippen MR) is 116 cm³/mol. The molecule has 2 N–H and O–H groups in total. The lowest BCUT2D eigenvalue weighted by atomic mass is 10.2. The van der Waals surface area contributed by atoms with Gasteiger partial charge in [-0.1, -0.05) is 17.8 Å². The highest BCUT2D eigenvalue weighted by atomic mass is 32.2. The van der Waals surface area contributed by atoms with Gasteiger partial charge in [-0.3, -0.25) is 14.2 Å². The van der Waals surface area contributed by atoms with Crippen LogP contribution in [-0.4, -0.2) is 38.4 Å². The van der Waals surface area contributed by atoms with Crippen LogP contribution in [0, 0.1) is 0 Å². The summed E-state index contributed by atoms with van der Waals surface area (Å²) in [6, 6.07) is 11.1. The first-order chi connectivity index (χ1) is 15.2. The maximum absolute atomic E-state index is 12.5. The van der Waals surface area contributed by atoms with Crippen LogP contribution in [0.15, 0.2) is 52.2 Å². The maximum Gasteiger partial charge on any atom is 0.251 e. The first-order valence-electron chi connectivity index (χ1n) is 10.4. The van der Waals surface area contributed by atoms with E-state index in [0.29, 0.717) is 34.9 Å². The summed E-state index contributed by atoms with van der Waals surface area (Å²) in [5.41, 5.74) is 1.15. The molecule has 2 amide bonds. The molecule has 1 aromatic carbocycles. The van der Waals surface area contributed by atoms with Crippen molar-refractivity contribution in [2.75, 3.05) is 11.1 Å². The lowest BCUT2D eigenvalue weighted by molar-refractivity contribution is -0.113. The van der Waals surface area contributed by atoms with Crippen LogP contribution in [0.25, 0.3) is 0 Å². The molecular formula is C22H23N5O3S. The van der Waals surface area contributed by atoms with Crippen molar-refractivity contribution < 1.29 is 14.0 Å². The van der Waals surface area contributed by atoms with Crippen molar-refractivity contribution in [3.05, 3.63) is 59.8 Å². The van der Waals surface area contributed by atoms with Crippen LogP contribution in [0.4, 0.5) is 5.69 Å². The Morgan fingerprint density at radius 2 is 2.00 bits per heavy atom. The van der Waals surface area contributed by atoms with Gasteiger partial charge in [-0.25, -0.2) is 0 Å². The molecule has 160 valence electrons. The van der Waals surface area contributed by atoms with Gasteiger partial charge < -0.3 is 15.1 Å². The third-order valence-electron chi connectivity index (χ3n) is 5.24. The van der Waals surface area contributed by atoms with Gasteiger partial charge >= 0.3 is 0 Å². The van der Waals surface area contributed by atoms with Crippen LogP contribution >= 0.6 is 11.8 Å². The predicted octanol–water partition coefficient (Wildman–Crippen LogP) is 3.42. The molecule has 5 rings (SSSR count). The summed E-state index contributed by atoms with van der Waals surface area (Å²) in [4.78, 5) is 24.7. The molecule has 0 atom stereocenters. The van der Waals surface area contributed by atoms with E-state index in [1.54, 1.807) is 30.5 Å². The average Bonchev–Trinajstić information content (AvgIpc) is 3.69. The Hall–Kier alpha value is -3.07. The number of furan rings is 1. The number of carbonyl (C=O) groups is 2. The summed E-state index contributed by atoms with van der Waals surface area (Å²) < 4.78 is 7.52. The number of rotatable bonds is 9. The van der Waals surface area contributed by atoms with Crippen LogP contribution in [0.5, 0.6) is 0 Å². The molecule has 0 radical (unpaired) electrons. The zero-order chi connectivity index (χ0) is 21.2. The zero-order valence-corrected chi connectivity index (χ0v) is 17.7. The number of amides is 2. The number of nitrogens with one attached hydrogen (secondary N) is 2. The Balaban J connectivity index is 1.21. The number of anilines is 1. The van der Waals surface area contributed by atoms with E-state index in [4.69, 9.17) is 4.42 Å². The molecule has 2 aromatic heterocycles. The molecule has 8 nitrogen and oxygen atoms in total. The number of thioether (sulfide) groups is 1. The van der Waals surface area contributed by atoms with Crippen molar-refractivity contribution in [2.45, 2.75) is 49.3 Å². The summed E-state index contributed by atoms with van der Waals surface area (Å²) >= 11 is 1.35. The van der Waals surface area contributed by atoms with Crippen LogP contribution in [0.3, 0.4) is 0 Å². The SMILES string of the molecule is O=C(CSc1nnc(C2CC2)n1Cc1ccco1)Nc1cccc(C(=O)NC2CC2)c1. The van der Waals surface area contributed by atoms with Crippen molar-refractivity contribution in [2.24, 2.45) is 0 Å². The first-order valence-corrected chi connectivity index (χ1v) is 11.4. The van der Waals surface area contributed by atoms with Gasteiger partial charge in [-0.15, -0.1) is 10.2 Å². The molecule has 31 heavy (non-hydrogen) atoms. The molecule has 0 aliphatic heterocycles. The van der Waals surface area contributed by atoms with Gasteiger partial charge in [0.05, 0.1) is 18.6 Å². The smallest absolute Gasteiger partial charge is 0.251 e.